The van der Waals surface area contributed by atoms with Crippen molar-refractivity contribution < 1.29 is 13.9 Å². The first-order valence-corrected chi connectivity index (χ1v) is 11.5. The number of rotatable bonds is 4. The molecule has 0 saturated carbocycles. The number of thiophene rings is 1. The van der Waals surface area contributed by atoms with E-state index in [4.69, 9.17) is 16.3 Å². The molecule has 3 heterocycles. The second kappa shape index (κ2) is 8.65. The Labute approximate surface area is 194 Å². The molecule has 1 aliphatic rings. The van der Waals surface area contributed by atoms with Crippen LogP contribution in [0.25, 0.3) is 21.0 Å². The highest BCUT2D eigenvalue weighted by Gasteiger charge is 2.28. The fraction of sp³-hybridized carbons (Fsp3) is 0.250. The molecule has 2 aromatic carbocycles. The lowest BCUT2D eigenvalue weighted by Gasteiger charge is -2.36. The number of pyridine rings is 1. The Morgan fingerprint density at radius 1 is 1.19 bits per heavy atom. The first-order chi connectivity index (χ1) is 15.6. The van der Waals surface area contributed by atoms with E-state index in [0.29, 0.717) is 47.0 Å². The summed E-state index contributed by atoms with van der Waals surface area (Å²) in [6.07, 6.45) is 1.79. The number of fused-ring (bicyclic) bond motifs is 2. The maximum absolute atomic E-state index is 14.5. The molecule has 0 N–H and O–H groups in total. The molecule has 1 fully saturated rings. The molecule has 32 heavy (non-hydrogen) atoms. The van der Waals surface area contributed by atoms with Gasteiger partial charge in [0.05, 0.1) is 17.0 Å². The molecule has 0 bridgehead atoms. The lowest BCUT2D eigenvalue weighted by atomic mass is 10.1. The zero-order chi connectivity index (χ0) is 22.2. The molecule has 0 spiro atoms. The smallest absolute Gasteiger partial charge is 0.264 e. The largest absolute Gasteiger partial charge is 0.380 e. The molecular formula is C24H21ClFN3O2S. The molecule has 8 heteroatoms. The second-order valence-corrected chi connectivity index (χ2v) is 9.22. The fourth-order valence-corrected chi connectivity index (χ4v) is 5.65. The SMILES string of the molecule is COCc1c(C(=O)N2CCN(c3ccnc4cc(Cl)ccc34)CC2)sc2cccc(F)c12. The van der Waals surface area contributed by atoms with E-state index >= 15 is 0 Å². The summed E-state index contributed by atoms with van der Waals surface area (Å²) in [5.74, 6) is -0.386. The third-order valence-corrected chi connectivity index (χ3v) is 7.26. The number of amides is 1. The van der Waals surface area contributed by atoms with Crippen LogP contribution in [0, 0.1) is 5.82 Å². The second-order valence-electron chi connectivity index (χ2n) is 7.73. The van der Waals surface area contributed by atoms with E-state index in [0.717, 1.165) is 21.3 Å². The average molecular weight is 470 g/mol. The highest BCUT2D eigenvalue weighted by molar-refractivity contribution is 7.21. The minimum atomic E-state index is -0.320. The summed E-state index contributed by atoms with van der Waals surface area (Å²) < 4.78 is 20.5. The predicted molar refractivity (Wildman–Crippen MR) is 127 cm³/mol. The maximum Gasteiger partial charge on any atom is 0.264 e. The zero-order valence-electron chi connectivity index (χ0n) is 17.5. The number of ether oxygens (including phenoxy) is 1. The third-order valence-electron chi connectivity index (χ3n) is 5.84. The van der Waals surface area contributed by atoms with Gasteiger partial charge in [-0.3, -0.25) is 9.78 Å². The number of methoxy groups -OCH3 is 1. The van der Waals surface area contributed by atoms with Gasteiger partial charge >= 0.3 is 0 Å². The van der Waals surface area contributed by atoms with E-state index in [-0.39, 0.29) is 18.3 Å². The van der Waals surface area contributed by atoms with Crippen molar-refractivity contribution in [3.63, 3.8) is 0 Å². The number of piperazine rings is 1. The van der Waals surface area contributed by atoms with Crippen LogP contribution in [0.1, 0.15) is 15.2 Å². The fourth-order valence-electron chi connectivity index (χ4n) is 4.30. The minimum absolute atomic E-state index is 0.0660. The minimum Gasteiger partial charge on any atom is -0.380 e. The first kappa shape index (κ1) is 21.1. The number of halogens is 2. The van der Waals surface area contributed by atoms with Crippen LogP contribution < -0.4 is 4.90 Å². The molecule has 0 aliphatic carbocycles. The van der Waals surface area contributed by atoms with Gasteiger partial charge in [0.1, 0.15) is 5.82 Å². The summed E-state index contributed by atoms with van der Waals surface area (Å²) in [7, 11) is 1.56. The van der Waals surface area contributed by atoms with Crippen LogP contribution in [0.3, 0.4) is 0 Å². The number of aromatic nitrogens is 1. The summed E-state index contributed by atoms with van der Waals surface area (Å²) in [4.78, 5) is 22.5. The van der Waals surface area contributed by atoms with E-state index in [1.807, 2.05) is 35.2 Å². The number of carbonyl (C=O) groups is 1. The van der Waals surface area contributed by atoms with E-state index in [1.165, 1.54) is 17.4 Å². The van der Waals surface area contributed by atoms with Crippen LogP contribution in [0.2, 0.25) is 5.02 Å². The van der Waals surface area contributed by atoms with Crippen LogP contribution in [-0.2, 0) is 11.3 Å². The third kappa shape index (κ3) is 3.70. The van der Waals surface area contributed by atoms with Gasteiger partial charge in [0, 0.05) is 71.2 Å². The van der Waals surface area contributed by atoms with Crippen LogP contribution in [0.4, 0.5) is 10.1 Å². The Bertz CT molecular complexity index is 1320. The van der Waals surface area contributed by atoms with Gasteiger partial charge in [0.25, 0.3) is 5.91 Å². The van der Waals surface area contributed by atoms with Crippen molar-refractivity contribution in [3.05, 3.63) is 69.9 Å². The highest BCUT2D eigenvalue weighted by Crippen LogP contribution is 2.35. The number of benzene rings is 2. The van der Waals surface area contributed by atoms with E-state index < -0.39 is 0 Å². The normalized spacial score (nSPS) is 14.5. The first-order valence-electron chi connectivity index (χ1n) is 10.3. The molecular weight excluding hydrogens is 449 g/mol. The zero-order valence-corrected chi connectivity index (χ0v) is 19.0. The standard InChI is InChI=1S/C24H21ClFN3O2S/c1-31-14-17-22-18(26)3-2-4-21(22)32-23(17)24(30)29-11-9-28(10-12-29)20-7-8-27-19-13-15(25)5-6-16(19)20/h2-8,13H,9-12,14H2,1H3. The predicted octanol–water partition coefficient (Wildman–Crippen LogP) is 5.35. The van der Waals surface area contributed by atoms with E-state index in [1.54, 1.807) is 19.4 Å². The van der Waals surface area contributed by atoms with Gasteiger partial charge in [-0.1, -0.05) is 17.7 Å². The van der Waals surface area contributed by atoms with Gasteiger partial charge in [0.2, 0.25) is 0 Å². The number of nitrogens with zero attached hydrogens (tertiary/aromatic N) is 3. The van der Waals surface area contributed by atoms with Gasteiger partial charge in [-0.2, -0.15) is 0 Å². The monoisotopic (exact) mass is 469 g/mol. The van der Waals surface area contributed by atoms with Gasteiger partial charge < -0.3 is 14.5 Å². The number of hydrogen-bond donors (Lipinski definition) is 0. The highest BCUT2D eigenvalue weighted by atomic mass is 35.5. The van der Waals surface area contributed by atoms with Gasteiger partial charge in [0.15, 0.2) is 0 Å². The van der Waals surface area contributed by atoms with Crippen molar-refractivity contribution in [2.75, 3.05) is 38.2 Å². The Balaban J connectivity index is 1.39. The lowest BCUT2D eigenvalue weighted by Crippen LogP contribution is -2.48. The lowest BCUT2D eigenvalue weighted by molar-refractivity contribution is 0.0747. The van der Waals surface area contributed by atoms with Crippen LogP contribution in [-0.4, -0.2) is 49.1 Å². The Kier molecular flexibility index (Phi) is 5.71. The van der Waals surface area contributed by atoms with Gasteiger partial charge in [-0.25, -0.2) is 4.39 Å². The quantitative estimate of drug-likeness (QED) is 0.404. The Morgan fingerprint density at radius 3 is 2.78 bits per heavy atom. The molecule has 5 nitrogen and oxygen atoms in total. The van der Waals surface area contributed by atoms with Crippen LogP contribution in [0.5, 0.6) is 0 Å². The van der Waals surface area contributed by atoms with E-state index in [2.05, 4.69) is 9.88 Å². The van der Waals surface area contributed by atoms with Crippen LogP contribution >= 0.6 is 22.9 Å². The summed E-state index contributed by atoms with van der Waals surface area (Å²) >= 11 is 7.45. The Morgan fingerprint density at radius 2 is 2.00 bits per heavy atom. The van der Waals surface area contributed by atoms with Crippen molar-refractivity contribution in [2.24, 2.45) is 0 Å². The molecule has 0 unspecified atom stereocenters. The Hall–Kier alpha value is -2.74. The van der Waals surface area contributed by atoms with Crippen molar-refractivity contribution in [1.29, 1.82) is 0 Å². The topological polar surface area (TPSA) is 45.7 Å². The summed E-state index contributed by atoms with van der Waals surface area (Å²) in [6, 6.07) is 12.7. The van der Waals surface area contributed by atoms with Gasteiger partial charge in [-0.05, 0) is 36.4 Å². The number of anilines is 1. The summed E-state index contributed by atoms with van der Waals surface area (Å²) in [6.45, 7) is 2.77. The molecule has 5 rings (SSSR count). The number of carbonyl (C=O) groups excluding carboxylic acids is 1. The average Bonchev–Trinajstić information content (AvgIpc) is 3.18. The van der Waals surface area contributed by atoms with E-state index in [9.17, 15) is 9.18 Å². The van der Waals surface area contributed by atoms with Crippen molar-refractivity contribution in [1.82, 2.24) is 9.88 Å². The molecule has 1 amide bonds. The molecule has 164 valence electrons. The van der Waals surface area contributed by atoms with Crippen molar-refractivity contribution in [3.8, 4) is 0 Å². The number of hydrogen-bond acceptors (Lipinski definition) is 5. The van der Waals surface area contributed by atoms with Crippen molar-refractivity contribution >= 4 is 55.5 Å². The van der Waals surface area contributed by atoms with Gasteiger partial charge in [-0.15, -0.1) is 11.3 Å². The summed E-state index contributed by atoms with van der Waals surface area (Å²) in [5, 5.41) is 2.19. The summed E-state index contributed by atoms with van der Waals surface area (Å²) in [5.41, 5.74) is 2.57. The van der Waals surface area contributed by atoms with Crippen molar-refractivity contribution in [2.45, 2.75) is 6.61 Å². The molecule has 1 saturated heterocycles. The molecule has 0 atom stereocenters. The maximum atomic E-state index is 14.5. The van der Waals surface area contributed by atoms with Crippen LogP contribution in [0.15, 0.2) is 48.7 Å². The molecule has 0 radical (unpaired) electrons. The molecule has 4 aromatic rings. The molecule has 1 aliphatic heterocycles. The molecule has 2 aromatic heterocycles.